The first-order valence-electron chi connectivity index (χ1n) is 8.18. The van der Waals surface area contributed by atoms with Gasteiger partial charge in [0.25, 0.3) is 5.91 Å². The number of amides is 1. The molecule has 0 saturated carbocycles. The van der Waals surface area contributed by atoms with Crippen LogP contribution in [0.5, 0.6) is 0 Å². The lowest BCUT2D eigenvalue weighted by atomic mass is 10.1. The van der Waals surface area contributed by atoms with Crippen molar-refractivity contribution in [1.29, 1.82) is 0 Å². The average molecular weight is 330 g/mol. The van der Waals surface area contributed by atoms with Gasteiger partial charge in [-0.05, 0) is 37.1 Å². The maximum Gasteiger partial charge on any atom is 0.287 e. The molecule has 1 aliphatic heterocycles. The van der Waals surface area contributed by atoms with Crippen LogP contribution in [0.1, 0.15) is 21.7 Å². The number of hydrogen-bond acceptors (Lipinski definition) is 5. The molecule has 1 fully saturated rings. The van der Waals surface area contributed by atoms with Crippen LogP contribution in [0.2, 0.25) is 0 Å². The summed E-state index contributed by atoms with van der Waals surface area (Å²) < 4.78 is 10.9. The smallest absolute Gasteiger partial charge is 0.287 e. The second-order valence-corrected chi connectivity index (χ2v) is 6.12. The van der Waals surface area contributed by atoms with Gasteiger partial charge >= 0.3 is 0 Å². The summed E-state index contributed by atoms with van der Waals surface area (Å²) in [7, 11) is 0. The average Bonchev–Trinajstić information content (AvgIpc) is 2.57. The lowest BCUT2D eigenvalue weighted by molar-refractivity contribution is 0.0382. The highest BCUT2D eigenvalue weighted by Gasteiger charge is 2.14. The predicted molar refractivity (Wildman–Crippen MR) is 91.6 cm³/mol. The number of hydrogen-bond donors (Lipinski definition) is 1. The highest BCUT2D eigenvalue weighted by Crippen LogP contribution is 2.17. The molecule has 0 atom stereocenters. The zero-order valence-corrected chi connectivity index (χ0v) is 14.1. The molecule has 0 aliphatic carbocycles. The van der Waals surface area contributed by atoms with Crippen molar-refractivity contribution < 1.29 is 13.9 Å². The molecule has 24 heavy (non-hydrogen) atoms. The monoisotopic (exact) mass is 330 g/mol. The maximum atomic E-state index is 12.2. The van der Waals surface area contributed by atoms with Crippen LogP contribution in [-0.2, 0) is 4.74 Å². The molecule has 0 radical (unpaired) electrons. The molecule has 1 saturated heterocycles. The highest BCUT2D eigenvalue weighted by molar-refractivity contribution is 5.93. The Kier molecular flexibility index (Phi) is 4.97. The molecule has 0 bridgehead atoms. The summed E-state index contributed by atoms with van der Waals surface area (Å²) >= 11 is 0. The van der Waals surface area contributed by atoms with Crippen molar-refractivity contribution in [2.45, 2.75) is 13.8 Å². The molecule has 2 heterocycles. The fourth-order valence-electron chi connectivity index (χ4n) is 2.76. The predicted octanol–water partition coefficient (Wildman–Crippen LogP) is 1.47. The zero-order chi connectivity index (χ0) is 17.1. The molecule has 1 N–H and O–H groups in total. The minimum absolute atomic E-state index is 0.0535. The largest absolute Gasteiger partial charge is 0.451 e. The number of carbonyl (C=O) groups excluding carboxylic acids is 1. The van der Waals surface area contributed by atoms with Crippen LogP contribution in [-0.4, -0.2) is 50.2 Å². The van der Waals surface area contributed by atoms with Crippen molar-refractivity contribution in [2.75, 3.05) is 39.4 Å². The zero-order valence-electron chi connectivity index (χ0n) is 14.1. The van der Waals surface area contributed by atoms with Crippen LogP contribution in [0.25, 0.3) is 11.0 Å². The van der Waals surface area contributed by atoms with Crippen LogP contribution in [0.3, 0.4) is 0 Å². The number of carbonyl (C=O) groups is 1. The maximum absolute atomic E-state index is 12.2. The van der Waals surface area contributed by atoms with Crippen molar-refractivity contribution in [3.8, 4) is 0 Å². The molecule has 1 aliphatic rings. The summed E-state index contributed by atoms with van der Waals surface area (Å²) in [5, 5.41) is 3.31. The number of nitrogens with zero attached hydrogens (tertiary/aromatic N) is 1. The van der Waals surface area contributed by atoms with E-state index in [2.05, 4.69) is 10.2 Å². The van der Waals surface area contributed by atoms with Crippen molar-refractivity contribution in [1.82, 2.24) is 10.2 Å². The van der Waals surface area contributed by atoms with Gasteiger partial charge in [-0.3, -0.25) is 14.5 Å². The number of morpholine rings is 1. The van der Waals surface area contributed by atoms with Crippen LogP contribution < -0.4 is 10.7 Å². The van der Waals surface area contributed by atoms with Gasteiger partial charge in [0.2, 0.25) is 0 Å². The third-order valence-corrected chi connectivity index (χ3v) is 4.38. The Morgan fingerprint density at radius 2 is 1.88 bits per heavy atom. The highest BCUT2D eigenvalue weighted by atomic mass is 16.5. The second-order valence-electron chi connectivity index (χ2n) is 6.12. The first-order chi connectivity index (χ1) is 11.5. The van der Waals surface area contributed by atoms with Crippen molar-refractivity contribution >= 4 is 16.9 Å². The topological polar surface area (TPSA) is 71.8 Å². The molecular formula is C18H22N2O4. The van der Waals surface area contributed by atoms with Gasteiger partial charge in [0.05, 0.1) is 18.6 Å². The van der Waals surface area contributed by atoms with Crippen LogP contribution >= 0.6 is 0 Å². The van der Waals surface area contributed by atoms with E-state index in [-0.39, 0.29) is 17.1 Å². The summed E-state index contributed by atoms with van der Waals surface area (Å²) in [4.78, 5) is 26.7. The quantitative estimate of drug-likeness (QED) is 0.919. The molecule has 1 amide bonds. The standard InChI is InChI=1S/C18H22N2O4/c1-12-9-14-15(21)11-17(24-16(14)10-13(12)2)18(22)19-3-4-20-5-7-23-8-6-20/h9-11H,3-8H2,1-2H3,(H,19,22). The Morgan fingerprint density at radius 1 is 1.17 bits per heavy atom. The minimum Gasteiger partial charge on any atom is -0.451 e. The van der Waals surface area contributed by atoms with Gasteiger partial charge in [0.1, 0.15) is 5.58 Å². The van der Waals surface area contributed by atoms with Gasteiger partial charge in [-0.2, -0.15) is 0 Å². The molecule has 1 aromatic heterocycles. The number of ether oxygens (including phenoxy) is 1. The molecule has 6 heteroatoms. The molecule has 0 unspecified atom stereocenters. The molecule has 128 valence electrons. The fraction of sp³-hybridized carbons (Fsp3) is 0.444. The third-order valence-electron chi connectivity index (χ3n) is 4.38. The van der Waals surface area contributed by atoms with Crippen molar-refractivity contribution in [3.63, 3.8) is 0 Å². The number of fused-ring (bicyclic) bond motifs is 1. The van der Waals surface area contributed by atoms with Gasteiger partial charge in [-0.25, -0.2) is 0 Å². The Labute approximate surface area is 140 Å². The first kappa shape index (κ1) is 16.7. The molecule has 2 aromatic rings. The Hall–Kier alpha value is -2.18. The Bertz CT molecular complexity index is 807. The minimum atomic E-state index is -0.361. The molecule has 6 nitrogen and oxygen atoms in total. The summed E-state index contributed by atoms with van der Waals surface area (Å²) in [6.45, 7) is 8.36. The van der Waals surface area contributed by atoms with Crippen LogP contribution in [0.4, 0.5) is 0 Å². The van der Waals surface area contributed by atoms with E-state index in [1.165, 1.54) is 6.07 Å². The van der Waals surface area contributed by atoms with Gasteiger partial charge < -0.3 is 14.5 Å². The van der Waals surface area contributed by atoms with E-state index in [4.69, 9.17) is 9.15 Å². The van der Waals surface area contributed by atoms with Gasteiger partial charge in [0, 0.05) is 32.2 Å². The lowest BCUT2D eigenvalue weighted by Crippen LogP contribution is -2.41. The van der Waals surface area contributed by atoms with E-state index < -0.39 is 0 Å². The van der Waals surface area contributed by atoms with Crippen LogP contribution in [0.15, 0.2) is 27.4 Å². The molecule has 0 spiro atoms. The van der Waals surface area contributed by atoms with Crippen LogP contribution in [0, 0.1) is 13.8 Å². The number of benzene rings is 1. The van der Waals surface area contributed by atoms with Crippen molar-refractivity contribution in [3.05, 3.63) is 45.3 Å². The van der Waals surface area contributed by atoms with Gasteiger partial charge in [0.15, 0.2) is 11.2 Å². The summed E-state index contributed by atoms with van der Waals surface area (Å²) in [6, 6.07) is 4.87. The summed E-state index contributed by atoms with van der Waals surface area (Å²) in [5.41, 5.74) is 2.30. The fourth-order valence-corrected chi connectivity index (χ4v) is 2.76. The lowest BCUT2D eigenvalue weighted by Gasteiger charge is -2.26. The van der Waals surface area contributed by atoms with E-state index in [0.29, 0.717) is 17.5 Å². The van der Waals surface area contributed by atoms with Gasteiger partial charge in [-0.15, -0.1) is 0 Å². The third kappa shape index (κ3) is 3.66. The number of nitrogens with one attached hydrogen (secondary N) is 1. The SMILES string of the molecule is Cc1cc2oc(C(=O)NCCN3CCOCC3)cc(=O)c2cc1C. The summed E-state index contributed by atoms with van der Waals surface area (Å²) in [6.07, 6.45) is 0. The van der Waals surface area contributed by atoms with E-state index in [1.807, 2.05) is 13.8 Å². The van der Waals surface area contributed by atoms with E-state index >= 15 is 0 Å². The second kappa shape index (κ2) is 7.15. The van der Waals surface area contributed by atoms with Gasteiger partial charge in [-0.1, -0.05) is 0 Å². The molecular weight excluding hydrogens is 308 g/mol. The molecule has 3 rings (SSSR count). The number of rotatable bonds is 4. The number of aryl methyl sites for hydroxylation is 2. The normalized spacial score (nSPS) is 15.6. The van der Waals surface area contributed by atoms with E-state index in [0.717, 1.165) is 44.0 Å². The molecule has 1 aromatic carbocycles. The summed E-state index contributed by atoms with van der Waals surface area (Å²) in [5.74, 6) is -0.307. The van der Waals surface area contributed by atoms with E-state index in [1.54, 1.807) is 12.1 Å². The first-order valence-corrected chi connectivity index (χ1v) is 8.18. The Balaban J connectivity index is 1.70. The van der Waals surface area contributed by atoms with E-state index in [9.17, 15) is 9.59 Å². The Morgan fingerprint density at radius 3 is 2.62 bits per heavy atom. The van der Waals surface area contributed by atoms with Crippen molar-refractivity contribution in [2.24, 2.45) is 0 Å².